The second kappa shape index (κ2) is 35.1. The minimum Gasteiger partial charge on any atom is -0.494 e. The topological polar surface area (TPSA) is 161 Å². The lowest BCUT2D eigenvalue weighted by Crippen LogP contribution is -2.52. The van der Waals surface area contributed by atoms with Crippen LogP contribution in [-0.4, -0.2) is 87.7 Å². The lowest BCUT2D eigenvalue weighted by molar-refractivity contribution is -0.151. The number of benzene rings is 6. The van der Waals surface area contributed by atoms with E-state index in [9.17, 15) is 19.2 Å². The highest BCUT2D eigenvalue weighted by atomic mass is 28.5. The predicted octanol–water partition coefficient (Wildman–Crippen LogP) is 17.4. The van der Waals surface area contributed by atoms with E-state index < -0.39 is 61.3 Å². The van der Waals surface area contributed by atoms with Crippen molar-refractivity contribution in [1.29, 1.82) is 0 Å². The van der Waals surface area contributed by atoms with Gasteiger partial charge >= 0.3 is 32.4 Å². The summed E-state index contributed by atoms with van der Waals surface area (Å²) in [7, 11) is -6.12. The predicted molar refractivity (Wildman–Crippen MR) is 351 cm³/mol. The van der Waals surface area contributed by atoms with Gasteiger partial charge < -0.3 is 46.1 Å². The van der Waals surface area contributed by atoms with Gasteiger partial charge in [-0.15, -0.1) is 0 Å². The normalized spacial score (nSPS) is 12.3. The monoisotopic (exact) mass is 1240 g/mol. The first-order chi connectivity index (χ1) is 41.7. The Labute approximate surface area is 520 Å². The highest BCUT2D eigenvalue weighted by Crippen LogP contribution is 2.30. The molecule has 14 nitrogen and oxygen atoms in total. The molecule has 468 valence electrons. The maximum atomic E-state index is 12.9. The van der Waals surface area contributed by atoms with Crippen LogP contribution in [0.5, 0.6) is 34.5 Å². The average Bonchev–Trinajstić information content (AvgIpc) is 2.84. The molecule has 6 aromatic carbocycles. The molecule has 87 heavy (non-hydrogen) atoms. The minimum absolute atomic E-state index is 0.368. The fourth-order valence-corrected chi connectivity index (χ4v) is 24.0. The highest BCUT2D eigenvalue weighted by Gasteiger charge is 2.39. The largest absolute Gasteiger partial charge is 0.494 e. The molecular weight excluding hydrogens is 1150 g/mol. The summed E-state index contributed by atoms with van der Waals surface area (Å²) in [5.74, 6) is 1.57. The van der Waals surface area contributed by atoms with E-state index in [1.54, 1.807) is 86.6 Å². The molecular formula is C70H92O14Si3. The summed E-state index contributed by atoms with van der Waals surface area (Å²) in [5.41, 5.74) is 4.85. The zero-order chi connectivity index (χ0) is 62.7. The number of hydrogen-bond donors (Lipinski definition) is 0. The van der Waals surface area contributed by atoms with E-state index >= 15 is 0 Å². The van der Waals surface area contributed by atoms with Gasteiger partial charge in [-0.05, 0) is 210 Å². The van der Waals surface area contributed by atoms with Crippen molar-refractivity contribution in [2.75, 3.05) is 26.4 Å². The van der Waals surface area contributed by atoms with E-state index in [1.165, 1.54) is 0 Å². The van der Waals surface area contributed by atoms with Gasteiger partial charge in [0.1, 0.15) is 34.5 Å². The third-order valence-electron chi connectivity index (χ3n) is 14.4. The molecule has 0 amide bonds. The molecule has 0 radical (unpaired) electrons. The number of unbranched alkanes of at least 4 members (excludes halogenated alkanes) is 8. The van der Waals surface area contributed by atoms with Gasteiger partial charge in [0.25, 0.3) is 0 Å². The van der Waals surface area contributed by atoms with Crippen LogP contribution in [0.25, 0.3) is 22.3 Å². The summed E-state index contributed by atoms with van der Waals surface area (Å²) >= 11 is 0. The number of carbonyl (C=O) groups excluding carboxylic acids is 4. The fraction of sp³-hybridized carbons (Fsp3) is 0.429. The SMILES string of the molecule is CCCCOC(=O)C(C)Oc1ccc(OC(=O)c2ccc(-c3ccc(OCCCCCC[Si](C)(C)O[Si](C)(C)O[Si](C)(C)CCCCCCOc4ccc(-c5ccc(C(=O)Oc6ccc(OC(C)C(=O)OCCCC)cc6)cc5)cc4)cc3)cc2)cc1. The zero-order valence-electron chi connectivity index (χ0n) is 53.0. The van der Waals surface area contributed by atoms with Crippen LogP contribution >= 0.6 is 0 Å². The molecule has 2 atom stereocenters. The van der Waals surface area contributed by atoms with Crippen LogP contribution in [0, 0.1) is 0 Å². The number of esters is 4. The van der Waals surface area contributed by atoms with E-state index in [-0.39, 0.29) is 0 Å². The van der Waals surface area contributed by atoms with Crippen molar-refractivity contribution in [3.8, 4) is 56.8 Å². The molecule has 6 aromatic rings. The second-order valence-corrected chi connectivity index (χ2v) is 36.1. The van der Waals surface area contributed by atoms with Gasteiger partial charge in [-0.3, -0.25) is 0 Å². The molecule has 0 spiro atoms. The van der Waals surface area contributed by atoms with Crippen LogP contribution < -0.4 is 28.4 Å². The van der Waals surface area contributed by atoms with Crippen LogP contribution in [0.4, 0.5) is 0 Å². The van der Waals surface area contributed by atoms with E-state index in [2.05, 4.69) is 39.3 Å². The Morgan fingerprint density at radius 1 is 0.356 bits per heavy atom. The number of carbonyl (C=O) groups is 4. The van der Waals surface area contributed by atoms with Crippen LogP contribution in [0.15, 0.2) is 146 Å². The van der Waals surface area contributed by atoms with Crippen LogP contribution in [-0.2, 0) is 27.3 Å². The Kier molecular flexibility index (Phi) is 27.9. The van der Waals surface area contributed by atoms with Crippen LogP contribution in [0.2, 0.25) is 51.4 Å². The number of ether oxygens (including phenoxy) is 8. The molecule has 0 aliphatic carbocycles. The number of hydrogen-bond acceptors (Lipinski definition) is 14. The smallest absolute Gasteiger partial charge is 0.347 e. The molecule has 17 heteroatoms. The molecule has 0 aliphatic rings. The molecule has 6 rings (SSSR count). The quantitative estimate of drug-likeness (QED) is 0.0156. The lowest BCUT2D eigenvalue weighted by Gasteiger charge is -2.39. The van der Waals surface area contributed by atoms with Gasteiger partial charge in [-0.25, -0.2) is 19.2 Å². The summed E-state index contributed by atoms with van der Waals surface area (Å²) in [6, 6.07) is 46.0. The first kappa shape index (κ1) is 69.1. The van der Waals surface area contributed by atoms with E-state index in [4.69, 9.17) is 46.1 Å². The van der Waals surface area contributed by atoms with E-state index in [1.807, 2.05) is 86.6 Å². The van der Waals surface area contributed by atoms with Crippen molar-refractivity contribution in [3.63, 3.8) is 0 Å². The summed E-state index contributed by atoms with van der Waals surface area (Å²) in [6.45, 7) is 23.2. The summed E-state index contributed by atoms with van der Waals surface area (Å²) in [4.78, 5) is 50.1. The summed E-state index contributed by atoms with van der Waals surface area (Å²) in [5, 5.41) is 0. The van der Waals surface area contributed by atoms with Crippen molar-refractivity contribution in [3.05, 3.63) is 157 Å². The Hall–Kier alpha value is -7.03. The molecule has 0 fully saturated rings. The standard InChI is InChI=1S/C70H92O14Si3/c1-11-13-47-77-67(71)53(3)79-63-39-43-65(44-40-63)81-69(73)59-27-23-55(24-28-59)57-31-35-61(36-32-57)75-49-19-15-17-21-51-85(5,6)83-87(9,10)84-86(7,8)52-22-18-16-20-50-76-62-37-33-58(34-38-62)56-25-29-60(30-26-56)70(74)82-66-45-41-64(42-46-66)80-54(4)68(72)78-48-14-12-2/h23-46,53-54H,11-22,47-52H2,1-10H3. The number of rotatable bonds is 38. The molecule has 0 saturated carbocycles. The van der Waals surface area contributed by atoms with Crippen molar-refractivity contribution >= 4 is 49.1 Å². The van der Waals surface area contributed by atoms with Crippen LogP contribution in [0.3, 0.4) is 0 Å². The molecule has 0 N–H and O–H groups in total. The third kappa shape index (κ3) is 24.9. The molecule has 0 saturated heterocycles. The first-order valence-electron chi connectivity index (χ1n) is 31.1. The van der Waals surface area contributed by atoms with Crippen molar-refractivity contribution < 1.29 is 65.3 Å². The third-order valence-corrected chi connectivity index (χ3v) is 25.9. The zero-order valence-corrected chi connectivity index (χ0v) is 56.0. The van der Waals surface area contributed by atoms with Crippen molar-refractivity contribution in [1.82, 2.24) is 0 Å². The molecule has 0 heterocycles. The molecule has 0 aromatic heterocycles. The molecule has 0 aliphatic heterocycles. The Balaban J connectivity index is 0.784. The van der Waals surface area contributed by atoms with E-state index in [0.29, 0.717) is 60.6 Å². The highest BCUT2D eigenvalue weighted by molar-refractivity contribution is 6.87. The maximum Gasteiger partial charge on any atom is 0.347 e. The lowest BCUT2D eigenvalue weighted by atomic mass is 10.0. The minimum atomic E-state index is -2.31. The van der Waals surface area contributed by atoms with Gasteiger partial charge in [-0.2, -0.15) is 0 Å². The fourth-order valence-electron chi connectivity index (χ4n) is 9.81. The van der Waals surface area contributed by atoms with Crippen molar-refractivity contribution in [2.45, 2.75) is 168 Å². The van der Waals surface area contributed by atoms with Gasteiger partial charge in [-0.1, -0.05) is 114 Å². The summed E-state index contributed by atoms with van der Waals surface area (Å²) in [6.07, 6.45) is 10.7. The first-order valence-corrected chi connectivity index (χ1v) is 40.1. The van der Waals surface area contributed by atoms with Crippen LogP contribution in [0.1, 0.15) is 125 Å². The summed E-state index contributed by atoms with van der Waals surface area (Å²) < 4.78 is 59.0. The average molecular weight is 1240 g/mol. The Bertz CT molecular complexity index is 2820. The van der Waals surface area contributed by atoms with E-state index in [0.717, 1.165) is 123 Å². The van der Waals surface area contributed by atoms with Gasteiger partial charge in [0.2, 0.25) is 0 Å². The second-order valence-electron chi connectivity index (χ2n) is 23.6. The maximum absolute atomic E-state index is 12.9. The van der Waals surface area contributed by atoms with Crippen molar-refractivity contribution in [2.24, 2.45) is 0 Å². The molecule has 0 bridgehead atoms. The Morgan fingerprint density at radius 2 is 0.655 bits per heavy atom. The Morgan fingerprint density at radius 3 is 0.989 bits per heavy atom. The van der Waals surface area contributed by atoms with Gasteiger partial charge in [0.15, 0.2) is 28.8 Å². The van der Waals surface area contributed by atoms with Gasteiger partial charge in [0.05, 0.1) is 37.6 Å². The van der Waals surface area contributed by atoms with Gasteiger partial charge in [0, 0.05) is 0 Å². The molecule has 2 unspecified atom stereocenters.